The summed E-state index contributed by atoms with van der Waals surface area (Å²) < 4.78 is 116. The molecule has 3 atom stereocenters. The molecule has 16 heteroatoms. The molecule has 0 saturated carbocycles. The monoisotopic (exact) mass is 727 g/mol. The summed E-state index contributed by atoms with van der Waals surface area (Å²) in [5, 5.41) is 16.0. The average Bonchev–Trinajstić information content (AvgIpc) is 3.44. The van der Waals surface area contributed by atoms with E-state index in [-0.39, 0.29) is 32.8 Å². The summed E-state index contributed by atoms with van der Waals surface area (Å²) in [6.45, 7) is 1.62. The van der Waals surface area contributed by atoms with Crippen molar-refractivity contribution in [1.29, 1.82) is 0 Å². The Kier molecular flexibility index (Phi) is 8.87. The molecule has 4 aromatic rings. The highest BCUT2D eigenvalue weighted by Crippen LogP contribution is 2.58. The van der Waals surface area contributed by atoms with Gasteiger partial charge < -0.3 is 16.2 Å². The number of nitrogens with two attached hydrogens (primary N) is 1. The summed E-state index contributed by atoms with van der Waals surface area (Å²) in [4.78, 5) is 30.1. The molecule has 0 bridgehead atoms. The second kappa shape index (κ2) is 12.8. The standard InChI is InChI=1S/C36H25F8N5O3/c1-34(2,52)10-9-21-4-5-22(18-3-8-26(39)24(14-18)33(45)51)30(46-21)27(13-17-11-19(37)15-20(38)12-17)47-28(50)16-49-32-29(31(48-49)36(42,43)44)23-6-7-25(23)35(32,40)41/h3-5,8,11-12,14-15,23,25,27,52H,13,16H2,1-2H3,(H2,45,51)(H,47,50)/t23-,25+,27-/m0/s1. The molecule has 2 aliphatic carbocycles. The third-order valence-electron chi connectivity index (χ3n) is 8.29. The fourth-order valence-electron chi connectivity index (χ4n) is 6.09. The van der Waals surface area contributed by atoms with Crippen molar-refractivity contribution in [3.63, 3.8) is 0 Å². The van der Waals surface area contributed by atoms with Crippen molar-refractivity contribution in [2.24, 2.45) is 11.7 Å². The van der Waals surface area contributed by atoms with E-state index in [1.807, 2.05) is 0 Å². The number of fused-ring (bicyclic) bond motifs is 3. The number of aromatic nitrogens is 3. The largest absolute Gasteiger partial charge is 0.435 e. The van der Waals surface area contributed by atoms with Crippen LogP contribution in [0.15, 0.2) is 48.5 Å². The van der Waals surface area contributed by atoms with Crippen molar-refractivity contribution in [1.82, 2.24) is 20.1 Å². The molecule has 4 N–H and O–H groups in total. The number of amides is 2. The number of carbonyl (C=O) groups is 2. The lowest BCUT2D eigenvalue weighted by Crippen LogP contribution is -2.36. The van der Waals surface area contributed by atoms with Gasteiger partial charge in [-0.25, -0.2) is 18.2 Å². The van der Waals surface area contributed by atoms with Crippen LogP contribution in [-0.2, 0) is 29.9 Å². The summed E-state index contributed by atoms with van der Waals surface area (Å²) in [5.74, 6) is -2.56. The highest BCUT2D eigenvalue weighted by atomic mass is 19.4. The minimum Gasteiger partial charge on any atom is -0.378 e. The maximum atomic E-state index is 15.4. The molecule has 2 heterocycles. The fraction of sp³-hybridized carbons (Fsp3) is 0.278. The van der Waals surface area contributed by atoms with Crippen LogP contribution in [0.2, 0.25) is 0 Å². The first-order chi connectivity index (χ1) is 24.2. The predicted molar refractivity (Wildman–Crippen MR) is 167 cm³/mol. The van der Waals surface area contributed by atoms with Crippen molar-refractivity contribution in [3.05, 3.63) is 105 Å². The number of pyridine rings is 1. The number of benzene rings is 2. The van der Waals surface area contributed by atoms with Gasteiger partial charge in [-0.2, -0.15) is 27.1 Å². The van der Waals surface area contributed by atoms with Crippen LogP contribution in [0, 0.1) is 47.1 Å². The molecule has 2 aromatic heterocycles. The average molecular weight is 728 g/mol. The van der Waals surface area contributed by atoms with Crippen LogP contribution in [0.25, 0.3) is 11.1 Å². The first kappa shape index (κ1) is 36.1. The number of carbonyl (C=O) groups excluding carboxylic acids is 2. The number of hydrogen-bond acceptors (Lipinski definition) is 5. The highest BCUT2D eigenvalue weighted by Gasteiger charge is 2.62. The van der Waals surface area contributed by atoms with Crippen LogP contribution in [0.1, 0.15) is 70.1 Å². The number of aliphatic hydroxyl groups is 1. The van der Waals surface area contributed by atoms with Crippen molar-refractivity contribution >= 4 is 11.8 Å². The van der Waals surface area contributed by atoms with Gasteiger partial charge in [0.15, 0.2) is 5.69 Å². The number of alkyl halides is 5. The quantitative estimate of drug-likeness (QED) is 0.163. The van der Waals surface area contributed by atoms with E-state index in [4.69, 9.17) is 5.73 Å². The maximum Gasteiger partial charge on any atom is 0.435 e. The van der Waals surface area contributed by atoms with Crippen LogP contribution >= 0.6 is 0 Å². The zero-order valence-corrected chi connectivity index (χ0v) is 27.0. The van der Waals surface area contributed by atoms with Gasteiger partial charge in [-0.1, -0.05) is 23.8 Å². The highest BCUT2D eigenvalue weighted by molar-refractivity contribution is 5.94. The Hall–Kier alpha value is -5.74. The predicted octanol–water partition coefficient (Wildman–Crippen LogP) is 5.52. The van der Waals surface area contributed by atoms with E-state index in [2.05, 4.69) is 39.1 Å². The van der Waals surface area contributed by atoms with Gasteiger partial charge in [0.25, 0.3) is 5.91 Å². The van der Waals surface area contributed by atoms with E-state index in [1.165, 1.54) is 32.0 Å². The first-order valence-electron chi connectivity index (χ1n) is 15.4. The smallest absolute Gasteiger partial charge is 0.378 e. The second-order valence-corrected chi connectivity index (χ2v) is 12.7. The van der Waals surface area contributed by atoms with E-state index in [0.717, 1.165) is 24.3 Å². The number of hydrogen-bond donors (Lipinski definition) is 3. The molecule has 8 nitrogen and oxygen atoms in total. The van der Waals surface area contributed by atoms with E-state index in [9.17, 15) is 41.0 Å². The number of rotatable bonds is 8. The minimum atomic E-state index is -5.15. The minimum absolute atomic E-state index is 0.00221. The Morgan fingerprint density at radius 1 is 1.06 bits per heavy atom. The molecular weight excluding hydrogens is 702 g/mol. The van der Waals surface area contributed by atoms with Crippen molar-refractivity contribution in [3.8, 4) is 34.8 Å². The van der Waals surface area contributed by atoms with Crippen LogP contribution in [0.4, 0.5) is 35.1 Å². The molecule has 0 fully saturated rings. The van der Waals surface area contributed by atoms with Gasteiger partial charge in [0.05, 0.1) is 23.2 Å². The summed E-state index contributed by atoms with van der Waals surface area (Å²) >= 11 is 0. The molecular formula is C36H25F8N5O3. The zero-order chi connectivity index (χ0) is 37.9. The SMILES string of the molecule is CC(C)(O)C#Cc1ccc(-c2ccc(F)c(C(N)=O)c2)c([C@H](Cc2cc(F)cc(F)c2)NC(=O)Cn2nc(C(F)(F)F)c3c2C(F)(F)[C@@H]2C#C[C@H]32)n1. The topological polar surface area (TPSA) is 123 Å². The molecule has 0 unspecified atom stereocenters. The van der Waals surface area contributed by atoms with Crippen LogP contribution in [0.3, 0.4) is 0 Å². The first-order valence-corrected chi connectivity index (χ1v) is 15.4. The molecule has 2 amide bonds. The van der Waals surface area contributed by atoms with Crippen LogP contribution in [-0.4, -0.2) is 37.3 Å². The molecule has 268 valence electrons. The molecule has 2 aliphatic rings. The Bertz CT molecular complexity index is 2250. The third kappa shape index (κ3) is 6.94. The number of nitrogens with zero attached hydrogens (tertiary/aromatic N) is 3. The summed E-state index contributed by atoms with van der Waals surface area (Å²) in [7, 11) is 0. The van der Waals surface area contributed by atoms with Crippen molar-refractivity contribution < 1.29 is 49.8 Å². The third-order valence-corrected chi connectivity index (χ3v) is 8.29. The fourth-order valence-corrected chi connectivity index (χ4v) is 6.09. The number of nitrogens with one attached hydrogen (secondary N) is 1. The Morgan fingerprint density at radius 3 is 2.35 bits per heavy atom. The van der Waals surface area contributed by atoms with Gasteiger partial charge in [0.1, 0.15) is 46.9 Å². The number of halogens is 8. The van der Waals surface area contributed by atoms with Crippen LogP contribution < -0.4 is 11.1 Å². The van der Waals surface area contributed by atoms with Crippen LogP contribution in [0.5, 0.6) is 0 Å². The van der Waals surface area contributed by atoms with Gasteiger partial charge in [-0.15, -0.1) is 0 Å². The van der Waals surface area contributed by atoms with E-state index in [0.29, 0.717) is 6.07 Å². The maximum absolute atomic E-state index is 15.4. The molecule has 0 saturated heterocycles. The molecule has 0 radical (unpaired) electrons. The Balaban J connectivity index is 1.47. The lowest BCUT2D eigenvalue weighted by atomic mass is 9.84. The lowest BCUT2D eigenvalue weighted by Gasteiger charge is -2.24. The van der Waals surface area contributed by atoms with E-state index < -0.39 is 100 Å². The molecule has 6 rings (SSSR count). The van der Waals surface area contributed by atoms with Gasteiger partial charge in [-0.3, -0.25) is 14.3 Å². The Labute approximate surface area is 290 Å². The van der Waals surface area contributed by atoms with Gasteiger partial charge in [-0.05, 0) is 73.7 Å². The van der Waals surface area contributed by atoms with Gasteiger partial charge in [0, 0.05) is 17.2 Å². The zero-order valence-electron chi connectivity index (χ0n) is 27.0. The Morgan fingerprint density at radius 2 is 1.75 bits per heavy atom. The van der Waals surface area contributed by atoms with Gasteiger partial charge in [0.2, 0.25) is 5.91 Å². The summed E-state index contributed by atoms with van der Waals surface area (Å²) in [6, 6.07) is 7.10. The molecule has 52 heavy (non-hydrogen) atoms. The van der Waals surface area contributed by atoms with Crippen molar-refractivity contribution in [2.75, 3.05) is 0 Å². The van der Waals surface area contributed by atoms with E-state index >= 15 is 8.78 Å². The second-order valence-electron chi connectivity index (χ2n) is 12.7. The number of primary amides is 1. The lowest BCUT2D eigenvalue weighted by molar-refractivity contribution is -0.142. The summed E-state index contributed by atoms with van der Waals surface area (Å²) in [5.41, 5.74) is -0.143. The summed E-state index contributed by atoms with van der Waals surface area (Å²) in [6.07, 6.45) is -5.59. The van der Waals surface area contributed by atoms with Gasteiger partial charge >= 0.3 is 12.1 Å². The molecule has 2 aromatic carbocycles. The molecule has 0 aliphatic heterocycles. The normalized spacial score (nSPS) is 17.4. The van der Waals surface area contributed by atoms with E-state index in [1.54, 1.807) is 0 Å². The molecule has 0 spiro atoms. The van der Waals surface area contributed by atoms with Crippen molar-refractivity contribution in [2.45, 2.75) is 56.5 Å².